The lowest BCUT2D eigenvalue weighted by Gasteiger charge is -2.27. The summed E-state index contributed by atoms with van der Waals surface area (Å²) in [7, 11) is 0. The first-order valence-electron chi connectivity index (χ1n) is 7.80. The second kappa shape index (κ2) is 7.79. The van der Waals surface area contributed by atoms with Crippen LogP contribution in [0.1, 0.15) is 5.76 Å². The van der Waals surface area contributed by atoms with E-state index in [4.69, 9.17) is 16.0 Å². The first-order chi connectivity index (χ1) is 10.8. The molecule has 0 saturated carbocycles. The summed E-state index contributed by atoms with van der Waals surface area (Å²) in [4.78, 5) is 2.47. The van der Waals surface area contributed by atoms with Gasteiger partial charge in [0, 0.05) is 44.8 Å². The van der Waals surface area contributed by atoms with E-state index in [1.165, 1.54) is 0 Å². The standard InChI is InChI=1S/C17H22ClN3O/c18-16-4-2-1-3-15(16)17-6-5-14(22-17)13-20-9-12-21-10-7-19-8-11-21/h1-6,19-20H,7-13H2. The highest BCUT2D eigenvalue weighted by Crippen LogP contribution is 2.28. The van der Waals surface area contributed by atoms with E-state index < -0.39 is 0 Å². The molecule has 22 heavy (non-hydrogen) atoms. The van der Waals surface area contributed by atoms with Crippen molar-refractivity contribution >= 4 is 11.6 Å². The van der Waals surface area contributed by atoms with E-state index in [0.717, 1.165) is 67.9 Å². The van der Waals surface area contributed by atoms with Crippen LogP contribution < -0.4 is 10.6 Å². The van der Waals surface area contributed by atoms with E-state index in [1.54, 1.807) is 0 Å². The molecule has 3 rings (SSSR count). The van der Waals surface area contributed by atoms with Gasteiger partial charge in [0.15, 0.2) is 0 Å². The minimum Gasteiger partial charge on any atom is -0.460 e. The molecule has 0 atom stereocenters. The lowest BCUT2D eigenvalue weighted by molar-refractivity contribution is 0.240. The molecule has 1 aromatic carbocycles. The van der Waals surface area contributed by atoms with Gasteiger partial charge < -0.3 is 15.1 Å². The predicted octanol–water partition coefficient (Wildman–Crippen LogP) is 2.59. The van der Waals surface area contributed by atoms with Crippen LogP contribution in [0.3, 0.4) is 0 Å². The molecular formula is C17H22ClN3O. The van der Waals surface area contributed by atoms with Crippen molar-refractivity contribution in [2.24, 2.45) is 0 Å². The van der Waals surface area contributed by atoms with Crippen LogP contribution in [-0.2, 0) is 6.54 Å². The second-order valence-electron chi connectivity index (χ2n) is 5.51. The Labute approximate surface area is 136 Å². The van der Waals surface area contributed by atoms with Gasteiger partial charge in [-0.05, 0) is 24.3 Å². The largest absolute Gasteiger partial charge is 0.460 e. The van der Waals surface area contributed by atoms with Gasteiger partial charge in [0.1, 0.15) is 11.5 Å². The molecule has 1 aromatic heterocycles. The Balaban J connectivity index is 1.47. The van der Waals surface area contributed by atoms with Gasteiger partial charge in [-0.1, -0.05) is 23.7 Å². The van der Waals surface area contributed by atoms with E-state index >= 15 is 0 Å². The van der Waals surface area contributed by atoms with Gasteiger partial charge in [0.05, 0.1) is 11.6 Å². The zero-order valence-corrected chi connectivity index (χ0v) is 13.4. The van der Waals surface area contributed by atoms with E-state index in [-0.39, 0.29) is 0 Å². The van der Waals surface area contributed by atoms with Gasteiger partial charge in [-0.15, -0.1) is 0 Å². The fourth-order valence-corrected chi connectivity index (χ4v) is 2.89. The zero-order chi connectivity index (χ0) is 15.2. The molecule has 4 nitrogen and oxygen atoms in total. The predicted molar refractivity (Wildman–Crippen MR) is 90.2 cm³/mol. The molecule has 2 heterocycles. The summed E-state index contributed by atoms with van der Waals surface area (Å²) >= 11 is 6.19. The molecule has 0 amide bonds. The lowest BCUT2D eigenvalue weighted by Crippen LogP contribution is -2.45. The highest BCUT2D eigenvalue weighted by Gasteiger charge is 2.09. The molecule has 0 bridgehead atoms. The number of nitrogens with one attached hydrogen (secondary N) is 2. The third kappa shape index (κ3) is 4.11. The van der Waals surface area contributed by atoms with Crippen LogP contribution in [-0.4, -0.2) is 44.2 Å². The molecular weight excluding hydrogens is 298 g/mol. The summed E-state index contributed by atoms with van der Waals surface area (Å²) < 4.78 is 5.87. The number of furan rings is 1. The molecule has 1 saturated heterocycles. The van der Waals surface area contributed by atoms with Crippen molar-refractivity contribution in [1.82, 2.24) is 15.5 Å². The SMILES string of the molecule is Clc1ccccc1-c1ccc(CNCCN2CCNCC2)o1. The fourth-order valence-electron chi connectivity index (χ4n) is 2.66. The number of benzene rings is 1. The number of rotatable bonds is 6. The Kier molecular flexibility index (Phi) is 5.51. The van der Waals surface area contributed by atoms with Crippen LogP contribution in [0.15, 0.2) is 40.8 Å². The average molecular weight is 320 g/mol. The molecule has 0 radical (unpaired) electrons. The number of nitrogens with zero attached hydrogens (tertiary/aromatic N) is 1. The first-order valence-corrected chi connectivity index (χ1v) is 8.18. The quantitative estimate of drug-likeness (QED) is 0.803. The van der Waals surface area contributed by atoms with Gasteiger partial charge in [-0.3, -0.25) is 4.90 Å². The molecule has 118 valence electrons. The maximum absolute atomic E-state index is 6.19. The number of halogens is 1. The maximum Gasteiger partial charge on any atom is 0.135 e. The molecule has 2 N–H and O–H groups in total. The number of hydrogen-bond acceptors (Lipinski definition) is 4. The van der Waals surface area contributed by atoms with Crippen LogP contribution >= 0.6 is 11.6 Å². The number of piperazine rings is 1. The van der Waals surface area contributed by atoms with Crippen molar-refractivity contribution in [3.05, 3.63) is 47.2 Å². The van der Waals surface area contributed by atoms with Crippen LogP contribution in [0.5, 0.6) is 0 Å². The van der Waals surface area contributed by atoms with Crippen molar-refractivity contribution in [3.63, 3.8) is 0 Å². The van der Waals surface area contributed by atoms with Gasteiger partial charge in [0.25, 0.3) is 0 Å². The Morgan fingerprint density at radius 1 is 1.14 bits per heavy atom. The zero-order valence-electron chi connectivity index (χ0n) is 12.6. The molecule has 0 spiro atoms. The van der Waals surface area contributed by atoms with Gasteiger partial charge in [-0.25, -0.2) is 0 Å². The van der Waals surface area contributed by atoms with Crippen LogP contribution in [0.2, 0.25) is 5.02 Å². The van der Waals surface area contributed by atoms with E-state index in [0.29, 0.717) is 0 Å². The minimum atomic E-state index is 0.718. The van der Waals surface area contributed by atoms with Crippen molar-refractivity contribution in [3.8, 4) is 11.3 Å². The third-order valence-electron chi connectivity index (χ3n) is 3.91. The molecule has 0 unspecified atom stereocenters. The average Bonchev–Trinajstić information content (AvgIpc) is 3.02. The summed E-state index contributed by atoms with van der Waals surface area (Å²) in [5.74, 6) is 1.76. The lowest BCUT2D eigenvalue weighted by atomic mass is 10.2. The molecule has 1 aliphatic heterocycles. The monoisotopic (exact) mass is 319 g/mol. The number of hydrogen-bond donors (Lipinski definition) is 2. The van der Waals surface area contributed by atoms with E-state index in [1.807, 2.05) is 36.4 Å². The molecule has 2 aromatic rings. The summed E-state index contributed by atoms with van der Waals surface area (Å²) in [6.07, 6.45) is 0. The van der Waals surface area contributed by atoms with Crippen molar-refractivity contribution in [1.29, 1.82) is 0 Å². The van der Waals surface area contributed by atoms with Gasteiger partial charge in [0.2, 0.25) is 0 Å². The van der Waals surface area contributed by atoms with Crippen LogP contribution in [0, 0.1) is 0 Å². The summed E-state index contributed by atoms with van der Waals surface area (Å²) in [6, 6.07) is 11.7. The second-order valence-corrected chi connectivity index (χ2v) is 5.92. The Morgan fingerprint density at radius 3 is 2.77 bits per heavy atom. The fraction of sp³-hybridized carbons (Fsp3) is 0.412. The van der Waals surface area contributed by atoms with E-state index in [9.17, 15) is 0 Å². The highest BCUT2D eigenvalue weighted by molar-refractivity contribution is 6.33. The van der Waals surface area contributed by atoms with Gasteiger partial charge in [-0.2, -0.15) is 0 Å². The van der Waals surface area contributed by atoms with Gasteiger partial charge >= 0.3 is 0 Å². The highest BCUT2D eigenvalue weighted by atomic mass is 35.5. The summed E-state index contributed by atoms with van der Waals surface area (Å²) in [6.45, 7) is 7.27. The third-order valence-corrected chi connectivity index (χ3v) is 4.24. The smallest absolute Gasteiger partial charge is 0.135 e. The first kappa shape index (κ1) is 15.6. The molecule has 5 heteroatoms. The van der Waals surface area contributed by atoms with Crippen molar-refractivity contribution in [2.75, 3.05) is 39.3 Å². The summed E-state index contributed by atoms with van der Waals surface area (Å²) in [5, 5.41) is 7.52. The molecule has 0 aliphatic carbocycles. The molecule has 1 fully saturated rings. The minimum absolute atomic E-state index is 0.718. The Bertz CT molecular complexity index is 593. The molecule has 1 aliphatic rings. The van der Waals surface area contributed by atoms with Crippen LogP contribution in [0.25, 0.3) is 11.3 Å². The Hall–Kier alpha value is -1.33. The van der Waals surface area contributed by atoms with Crippen molar-refractivity contribution in [2.45, 2.75) is 6.54 Å². The Morgan fingerprint density at radius 2 is 1.95 bits per heavy atom. The summed E-state index contributed by atoms with van der Waals surface area (Å²) in [5.41, 5.74) is 0.941. The van der Waals surface area contributed by atoms with E-state index in [2.05, 4.69) is 15.5 Å². The van der Waals surface area contributed by atoms with Crippen molar-refractivity contribution < 1.29 is 4.42 Å². The van der Waals surface area contributed by atoms with Crippen LogP contribution in [0.4, 0.5) is 0 Å². The normalized spacial score (nSPS) is 16.0. The topological polar surface area (TPSA) is 40.4 Å². The maximum atomic E-state index is 6.19.